The van der Waals surface area contributed by atoms with Crippen LogP contribution in [0.3, 0.4) is 0 Å². The number of alkyl halides is 3. The van der Waals surface area contributed by atoms with E-state index in [4.69, 9.17) is 5.26 Å². The van der Waals surface area contributed by atoms with Crippen LogP contribution >= 0.6 is 0 Å². The van der Waals surface area contributed by atoms with Gasteiger partial charge >= 0.3 is 6.18 Å². The molecule has 0 saturated heterocycles. The number of carbonyl (C=O) groups is 1. The molecule has 1 atom stereocenters. The third-order valence-electron chi connectivity index (χ3n) is 5.10. The topological polar surface area (TPSA) is 85.8 Å². The second kappa shape index (κ2) is 8.42. The van der Waals surface area contributed by atoms with Gasteiger partial charge in [-0.05, 0) is 43.7 Å². The fraction of sp³-hybridized carbons (Fsp3) is 0.227. The minimum atomic E-state index is -5.02. The van der Waals surface area contributed by atoms with Gasteiger partial charge in [-0.3, -0.25) is 9.59 Å². The molecule has 3 aromatic rings. The average Bonchev–Trinajstić information content (AvgIpc) is 2.70. The van der Waals surface area contributed by atoms with Crippen molar-refractivity contribution in [3.63, 3.8) is 0 Å². The quantitative estimate of drug-likeness (QED) is 0.578. The molecule has 0 radical (unpaired) electrons. The van der Waals surface area contributed by atoms with Crippen molar-refractivity contribution in [3.05, 3.63) is 80.1 Å². The first-order valence-corrected chi connectivity index (χ1v) is 9.34. The summed E-state index contributed by atoms with van der Waals surface area (Å²) in [6, 6.07) is 6.26. The summed E-state index contributed by atoms with van der Waals surface area (Å²) in [5.74, 6) is -2.97. The molecule has 10 heteroatoms. The monoisotopic (exact) mass is 449 g/mol. The SMILES string of the molecule is Cc1c(CC(=O)N[C@H](C)c2ccc(C#N)cc2F)c(=O)[nH]c2ccc(F)c(C(F)(F)F)c12. The summed E-state index contributed by atoms with van der Waals surface area (Å²) in [6.45, 7) is 2.68. The van der Waals surface area contributed by atoms with Crippen LogP contribution in [0.15, 0.2) is 35.1 Å². The van der Waals surface area contributed by atoms with Crippen LogP contribution in [0.2, 0.25) is 0 Å². The van der Waals surface area contributed by atoms with Crippen LogP contribution in [-0.2, 0) is 17.4 Å². The number of aromatic nitrogens is 1. The molecule has 1 heterocycles. The fourth-order valence-corrected chi connectivity index (χ4v) is 3.56. The minimum absolute atomic E-state index is 0.0860. The second-order valence-electron chi connectivity index (χ2n) is 7.21. The molecule has 2 N–H and O–H groups in total. The third-order valence-corrected chi connectivity index (χ3v) is 5.10. The Labute approximate surface area is 178 Å². The first-order chi connectivity index (χ1) is 14.9. The number of fused-ring (bicyclic) bond motifs is 1. The van der Waals surface area contributed by atoms with E-state index in [1.54, 1.807) is 6.07 Å². The van der Waals surface area contributed by atoms with Crippen LogP contribution in [0.1, 0.15) is 40.8 Å². The van der Waals surface area contributed by atoms with Crippen molar-refractivity contribution in [2.45, 2.75) is 32.5 Å². The van der Waals surface area contributed by atoms with Crippen LogP contribution in [0.5, 0.6) is 0 Å². The van der Waals surface area contributed by atoms with Crippen molar-refractivity contribution >= 4 is 16.8 Å². The molecule has 1 aromatic heterocycles. The Kier molecular flexibility index (Phi) is 6.03. The number of nitriles is 1. The van der Waals surface area contributed by atoms with Crippen molar-refractivity contribution in [3.8, 4) is 6.07 Å². The average molecular weight is 449 g/mol. The van der Waals surface area contributed by atoms with E-state index in [9.17, 15) is 31.5 Å². The Morgan fingerprint density at radius 3 is 2.47 bits per heavy atom. The number of pyridine rings is 1. The number of nitrogens with zero attached hydrogens (tertiary/aromatic N) is 1. The summed E-state index contributed by atoms with van der Waals surface area (Å²) in [5.41, 5.74) is -2.79. The summed E-state index contributed by atoms with van der Waals surface area (Å²) in [7, 11) is 0. The Bertz CT molecular complexity index is 1320. The van der Waals surface area contributed by atoms with Gasteiger partial charge in [-0.1, -0.05) is 6.07 Å². The number of aryl methyl sites for hydroxylation is 1. The highest BCUT2D eigenvalue weighted by molar-refractivity contribution is 5.89. The zero-order chi connectivity index (χ0) is 23.8. The molecule has 3 rings (SSSR count). The van der Waals surface area contributed by atoms with Gasteiger partial charge in [0.1, 0.15) is 17.2 Å². The van der Waals surface area contributed by atoms with Crippen molar-refractivity contribution in [1.29, 1.82) is 5.26 Å². The van der Waals surface area contributed by atoms with Crippen LogP contribution in [-0.4, -0.2) is 10.9 Å². The van der Waals surface area contributed by atoms with Crippen molar-refractivity contribution in [2.24, 2.45) is 0 Å². The number of benzene rings is 2. The molecule has 5 nitrogen and oxygen atoms in total. The molecule has 0 bridgehead atoms. The van der Waals surface area contributed by atoms with Crippen LogP contribution < -0.4 is 10.9 Å². The van der Waals surface area contributed by atoms with E-state index in [1.807, 2.05) is 0 Å². The number of aromatic amines is 1. The molecule has 0 unspecified atom stereocenters. The zero-order valence-corrected chi connectivity index (χ0v) is 16.8. The number of rotatable bonds is 4. The van der Waals surface area contributed by atoms with Crippen molar-refractivity contribution in [1.82, 2.24) is 10.3 Å². The van der Waals surface area contributed by atoms with Crippen LogP contribution in [0.4, 0.5) is 22.0 Å². The molecule has 1 amide bonds. The van der Waals surface area contributed by atoms with E-state index in [2.05, 4.69) is 10.3 Å². The highest BCUT2D eigenvalue weighted by atomic mass is 19.4. The van der Waals surface area contributed by atoms with E-state index in [1.165, 1.54) is 26.0 Å². The Hall–Kier alpha value is -3.74. The van der Waals surface area contributed by atoms with E-state index < -0.39 is 52.7 Å². The lowest BCUT2D eigenvalue weighted by molar-refractivity contribution is -0.138. The summed E-state index contributed by atoms with van der Waals surface area (Å²) in [4.78, 5) is 27.2. The standard InChI is InChI=1S/C22H16F5N3O2/c1-10-14(8-18(31)29-11(2)13-4-3-12(9-28)7-16(13)24)21(32)30-17-6-5-15(23)20(19(10)17)22(25,26)27/h3-7,11H,8H2,1-2H3,(H,29,31)(H,30,32)/t11-/m1/s1. The van der Waals surface area contributed by atoms with E-state index >= 15 is 0 Å². The second-order valence-corrected chi connectivity index (χ2v) is 7.21. The number of H-pyrrole nitrogens is 1. The lowest BCUT2D eigenvalue weighted by Crippen LogP contribution is -2.31. The van der Waals surface area contributed by atoms with Crippen LogP contribution in [0, 0.1) is 29.9 Å². The van der Waals surface area contributed by atoms with Gasteiger partial charge in [0.05, 0.1) is 24.1 Å². The Morgan fingerprint density at radius 1 is 1.19 bits per heavy atom. The highest BCUT2D eigenvalue weighted by Gasteiger charge is 2.37. The number of nitrogens with one attached hydrogen (secondary N) is 2. The largest absolute Gasteiger partial charge is 0.419 e. The van der Waals surface area contributed by atoms with E-state index in [-0.39, 0.29) is 27.8 Å². The van der Waals surface area contributed by atoms with Gasteiger partial charge in [-0.15, -0.1) is 0 Å². The number of carbonyl (C=O) groups excluding carboxylic acids is 1. The smallest absolute Gasteiger partial charge is 0.349 e. The molecule has 166 valence electrons. The molecule has 2 aromatic carbocycles. The Morgan fingerprint density at radius 2 is 1.88 bits per heavy atom. The van der Waals surface area contributed by atoms with Crippen molar-refractivity contribution in [2.75, 3.05) is 0 Å². The molecule has 0 spiro atoms. The molecule has 0 fully saturated rings. The first kappa shape index (κ1) is 22.9. The fourth-order valence-electron chi connectivity index (χ4n) is 3.56. The van der Waals surface area contributed by atoms with Gasteiger partial charge in [0.25, 0.3) is 5.56 Å². The molecule has 0 aliphatic carbocycles. The van der Waals surface area contributed by atoms with Gasteiger partial charge in [-0.2, -0.15) is 18.4 Å². The number of halogens is 5. The summed E-state index contributed by atoms with van der Waals surface area (Å²) in [5, 5.41) is 10.7. The molecule has 32 heavy (non-hydrogen) atoms. The first-order valence-electron chi connectivity index (χ1n) is 9.34. The normalized spacial score (nSPS) is 12.4. The maximum Gasteiger partial charge on any atom is 0.419 e. The third kappa shape index (κ3) is 4.32. The summed E-state index contributed by atoms with van der Waals surface area (Å²) in [6.07, 6.45) is -5.62. The summed E-state index contributed by atoms with van der Waals surface area (Å²) < 4.78 is 68.5. The number of amides is 1. The number of hydrogen-bond donors (Lipinski definition) is 2. The predicted molar refractivity (Wildman–Crippen MR) is 106 cm³/mol. The molecule has 0 saturated carbocycles. The molecule has 0 aliphatic heterocycles. The highest BCUT2D eigenvalue weighted by Crippen LogP contribution is 2.37. The van der Waals surface area contributed by atoms with Crippen LogP contribution in [0.25, 0.3) is 10.9 Å². The lowest BCUT2D eigenvalue weighted by atomic mass is 9.97. The Balaban J connectivity index is 1.96. The molecule has 0 aliphatic rings. The maximum atomic E-state index is 14.2. The van der Waals surface area contributed by atoms with Gasteiger partial charge in [0, 0.05) is 22.0 Å². The van der Waals surface area contributed by atoms with E-state index in [0.29, 0.717) is 6.07 Å². The summed E-state index contributed by atoms with van der Waals surface area (Å²) >= 11 is 0. The van der Waals surface area contributed by atoms with Gasteiger partial charge in [0.2, 0.25) is 5.91 Å². The van der Waals surface area contributed by atoms with Crippen molar-refractivity contribution < 1.29 is 26.7 Å². The maximum absolute atomic E-state index is 14.2. The lowest BCUT2D eigenvalue weighted by Gasteiger charge is -2.17. The van der Waals surface area contributed by atoms with Gasteiger partial charge in [-0.25, -0.2) is 8.78 Å². The minimum Gasteiger partial charge on any atom is -0.349 e. The van der Waals surface area contributed by atoms with E-state index in [0.717, 1.165) is 12.1 Å². The zero-order valence-electron chi connectivity index (χ0n) is 16.8. The van der Waals surface area contributed by atoms with Gasteiger partial charge in [0.15, 0.2) is 0 Å². The predicted octanol–water partition coefficient (Wildman–Crippen LogP) is 4.43. The number of hydrogen-bond acceptors (Lipinski definition) is 3. The molecular weight excluding hydrogens is 433 g/mol. The van der Waals surface area contributed by atoms with Gasteiger partial charge < -0.3 is 10.3 Å². The molecular formula is C22H16F5N3O2.